The van der Waals surface area contributed by atoms with E-state index >= 15 is 0 Å². The maximum Gasteiger partial charge on any atom is 0.308 e. The zero-order chi connectivity index (χ0) is 15.7. The first-order valence-electron chi connectivity index (χ1n) is 7.32. The van der Waals surface area contributed by atoms with Crippen molar-refractivity contribution in [1.29, 1.82) is 0 Å². The average molecular weight is 299 g/mol. The molecule has 0 unspecified atom stereocenters. The summed E-state index contributed by atoms with van der Waals surface area (Å²) in [5.74, 6) is -1.49. The fourth-order valence-electron chi connectivity index (χ4n) is 3.02. The van der Waals surface area contributed by atoms with Gasteiger partial charge < -0.3 is 10.0 Å². The number of fused-ring (bicyclic) bond motifs is 1. The van der Waals surface area contributed by atoms with Crippen molar-refractivity contribution >= 4 is 22.9 Å². The van der Waals surface area contributed by atoms with Gasteiger partial charge in [-0.25, -0.2) is 0 Å². The number of aliphatic carboxylic acids is 1. The minimum Gasteiger partial charge on any atom is -0.481 e. The molecule has 114 valence electrons. The van der Waals surface area contributed by atoms with Gasteiger partial charge >= 0.3 is 5.97 Å². The smallest absolute Gasteiger partial charge is 0.308 e. The van der Waals surface area contributed by atoms with E-state index in [2.05, 4.69) is 9.97 Å². The Hall–Kier alpha value is -2.50. The molecule has 6 nitrogen and oxygen atoms in total. The largest absolute Gasteiger partial charge is 0.481 e. The van der Waals surface area contributed by atoms with Crippen LogP contribution in [0.4, 0.5) is 0 Å². The Kier molecular flexibility index (Phi) is 3.75. The average Bonchev–Trinajstić information content (AvgIpc) is 2.53. The highest BCUT2D eigenvalue weighted by Crippen LogP contribution is 2.25. The van der Waals surface area contributed by atoms with Crippen molar-refractivity contribution in [2.45, 2.75) is 25.8 Å². The van der Waals surface area contributed by atoms with Gasteiger partial charge in [-0.15, -0.1) is 0 Å². The van der Waals surface area contributed by atoms with Crippen LogP contribution >= 0.6 is 0 Å². The third-order valence-corrected chi connectivity index (χ3v) is 4.28. The summed E-state index contributed by atoms with van der Waals surface area (Å²) in [5.41, 5.74) is 1.91. The molecule has 0 spiro atoms. The number of carbonyl (C=O) groups is 2. The lowest BCUT2D eigenvalue weighted by molar-refractivity contribution is -0.144. The standard InChI is InChI=1S/C16H17N3O3/c1-10-12(16(21)22)3-2-8-19(10)15(20)11-4-5-13-14(9-11)18-7-6-17-13/h4-7,9-10,12H,2-3,8H2,1H3,(H,21,22)/t10-,12-/m1/s1. The molecule has 2 aromatic rings. The van der Waals surface area contributed by atoms with Crippen molar-refractivity contribution < 1.29 is 14.7 Å². The molecule has 3 rings (SSSR count). The predicted octanol–water partition coefficient (Wildman–Crippen LogP) is 1.96. The number of hydrogen-bond acceptors (Lipinski definition) is 4. The van der Waals surface area contributed by atoms with Gasteiger partial charge in [0.2, 0.25) is 0 Å². The monoisotopic (exact) mass is 299 g/mol. The molecule has 6 heteroatoms. The number of hydrogen-bond donors (Lipinski definition) is 1. The van der Waals surface area contributed by atoms with Gasteiger partial charge in [-0.3, -0.25) is 19.6 Å². The second-order valence-electron chi connectivity index (χ2n) is 5.59. The van der Waals surface area contributed by atoms with Gasteiger partial charge in [0.05, 0.1) is 17.0 Å². The number of amides is 1. The molecule has 1 aromatic heterocycles. The Morgan fingerprint density at radius 1 is 1.23 bits per heavy atom. The number of carboxylic acids is 1. The van der Waals surface area contributed by atoms with Crippen molar-refractivity contribution in [3.8, 4) is 0 Å². The summed E-state index contributed by atoms with van der Waals surface area (Å²) in [4.78, 5) is 34.0. The van der Waals surface area contributed by atoms with Gasteiger partial charge in [0.15, 0.2) is 0 Å². The number of carboxylic acid groups (broad SMARTS) is 1. The fraction of sp³-hybridized carbons (Fsp3) is 0.375. The lowest BCUT2D eigenvalue weighted by Crippen LogP contribution is -2.49. The van der Waals surface area contributed by atoms with Crippen LogP contribution in [0.1, 0.15) is 30.1 Å². The zero-order valence-corrected chi connectivity index (χ0v) is 12.3. The van der Waals surface area contributed by atoms with Crippen LogP contribution in [0.15, 0.2) is 30.6 Å². The quantitative estimate of drug-likeness (QED) is 0.916. The predicted molar refractivity (Wildman–Crippen MR) is 80.4 cm³/mol. The third kappa shape index (κ3) is 2.52. The Labute approximate surface area is 127 Å². The molecule has 22 heavy (non-hydrogen) atoms. The van der Waals surface area contributed by atoms with Gasteiger partial charge in [0.25, 0.3) is 5.91 Å². The molecule has 1 aliphatic heterocycles. The number of likely N-dealkylation sites (tertiary alicyclic amines) is 1. The maximum absolute atomic E-state index is 12.7. The Bertz CT molecular complexity index is 731. The molecular formula is C16H17N3O3. The minimum atomic E-state index is -0.839. The molecule has 0 radical (unpaired) electrons. The van der Waals surface area contributed by atoms with E-state index in [0.717, 1.165) is 5.52 Å². The lowest BCUT2D eigenvalue weighted by Gasteiger charge is -2.37. The minimum absolute atomic E-state index is 0.147. The number of carbonyl (C=O) groups excluding carboxylic acids is 1. The number of rotatable bonds is 2. The van der Waals surface area contributed by atoms with Crippen molar-refractivity contribution in [1.82, 2.24) is 14.9 Å². The fourth-order valence-corrected chi connectivity index (χ4v) is 3.02. The molecule has 0 aliphatic carbocycles. The lowest BCUT2D eigenvalue weighted by atomic mass is 9.90. The van der Waals surface area contributed by atoms with Crippen LogP contribution in [0, 0.1) is 5.92 Å². The molecule has 1 aliphatic rings. The highest BCUT2D eigenvalue weighted by atomic mass is 16.4. The van der Waals surface area contributed by atoms with Crippen LogP contribution in [0.25, 0.3) is 11.0 Å². The third-order valence-electron chi connectivity index (χ3n) is 4.28. The van der Waals surface area contributed by atoms with Crippen molar-refractivity contribution in [3.63, 3.8) is 0 Å². The highest BCUT2D eigenvalue weighted by Gasteiger charge is 2.35. The Morgan fingerprint density at radius 3 is 2.68 bits per heavy atom. The summed E-state index contributed by atoms with van der Waals surface area (Å²) in [6.07, 6.45) is 4.51. The zero-order valence-electron chi connectivity index (χ0n) is 12.3. The summed E-state index contributed by atoms with van der Waals surface area (Å²) in [6.45, 7) is 2.39. The van der Waals surface area contributed by atoms with E-state index in [0.29, 0.717) is 30.5 Å². The summed E-state index contributed by atoms with van der Waals surface area (Å²) in [5, 5.41) is 9.26. The van der Waals surface area contributed by atoms with E-state index in [1.807, 2.05) is 0 Å². The normalized spacial score (nSPS) is 21.8. The van der Waals surface area contributed by atoms with E-state index < -0.39 is 11.9 Å². The molecule has 1 N–H and O–H groups in total. The number of nitrogens with zero attached hydrogens (tertiary/aromatic N) is 3. The summed E-state index contributed by atoms with van der Waals surface area (Å²) in [7, 11) is 0. The summed E-state index contributed by atoms with van der Waals surface area (Å²) >= 11 is 0. The highest BCUT2D eigenvalue weighted by molar-refractivity contribution is 5.97. The second-order valence-corrected chi connectivity index (χ2v) is 5.59. The van der Waals surface area contributed by atoms with Gasteiger partial charge in [-0.05, 0) is 38.0 Å². The van der Waals surface area contributed by atoms with E-state index in [9.17, 15) is 14.7 Å². The molecule has 0 saturated carbocycles. The van der Waals surface area contributed by atoms with Crippen LogP contribution in [0.3, 0.4) is 0 Å². The van der Waals surface area contributed by atoms with Gasteiger partial charge in [0, 0.05) is 30.5 Å². The van der Waals surface area contributed by atoms with Crippen molar-refractivity contribution in [3.05, 3.63) is 36.2 Å². The molecule has 0 bridgehead atoms. The van der Waals surface area contributed by atoms with Crippen molar-refractivity contribution in [2.24, 2.45) is 5.92 Å². The first-order valence-corrected chi connectivity index (χ1v) is 7.32. The molecule has 2 heterocycles. The second kappa shape index (κ2) is 5.71. The van der Waals surface area contributed by atoms with Crippen LogP contribution < -0.4 is 0 Å². The summed E-state index contributed by atoms with van der Waals surface area (Å²) in [6, 6.07) is 4.88. The maximum atomic E-state index is 12.7. The first kappa shape index (κ1) is 14.4. The van der Waals surface area contributed by atoms with Crippen LogP contribution in [0.5, 0.6) is 0 Å². The first-order chi connectivity index (χ1) is 10.6. The number of benzene rings is 1. The molecule has 1 fully saturated rings. The van der Waals surface area contributed by atoms with Crippen LogP contribution in [-0.4, -0.2) is 44.4 Å². The topological polar surface area (TPSA) is 83.4 Å². The SMILES string of the molecule is C[C@@H]1[C@H](C(=O)O)CCCN1C(=O)c1ccc2nccnc2c1. The van der Waals surface area contributed by atoms with Crippen molar-refractivity contribution in [2.75, 3.05) is 6.54 Å². The molecule has 1 amide bonds. The molecular weight excluding hydrogens is 282 g/mol. The van der Waals surface area contributed by atoms with E-state index in [-0.39, 0.29) is 11.9 Å². The number of piperidine rings is 1. The van der Waals surface area contributed by atoms with Crippen LogP contribution in [0.2, 0.25) is 0 Å². The Morgan fingerprint density at radius 2 is 1.95 bits per heavy atom. The van der Waals surface area contributed by atoms with Gasteiger partial charge in [-0.1, -0.05) is 0 Å². The van der Waals surface area contributed by atoms with Crippen LogP contribution in [-0.2, 0) is 4.79 Å². The summed E-state index contributed by atoms with van der Waals surface area (Å²) < 4.78 is 0. The molecule has 1 aromatic carbocycles. The number of aromatic nitrogens is 2. The van der Waals surface area contributed by atoms with Gasteiger partial charge in [-0.2, -0.15) is 0 Å². The van der Waals surface area contributed by atoms with E-state index in [4.69, 9.17) is 0 Å². The Balaban J connectivity index is 1.89. The van der Waals surface area contributed by atoms with E-state index in [1.54, 1.807) is 42.4 Å². The van der Waals surface area contributed by atoms with E-state index in [1.165, 1.54) is 0 Å². The molecule has 2 atom stereocenters. The van der Waals surface area contributed by atoms with Gasteiger partial charge in [0.1, 0.15) is 0 Å². The molecule has 1 saturated heterocycles.